The van der Waals surface area contributed by atoms with E-state index in [0.717, 1.165) is 0 Å². The number of alkyl halides is 3. The summed E-state index contributed by atoms with van der Waals surface area (Å²) in [4.78, 5) is 11.2. The van der Waals surface area contributed by atoms with Gasteiger partial charge in [-0.25, -0.2) is 0 Å². The first-order valence-electron chi connectivity index (χ1n) is 6.77. The van der Waals surface area contributed by atoms with Gasteiger partial charge in [0.2, 0.25) is 0 Å². The van der Waals surface area contributed by atoms with Crippen molar-refractivity contribution in [2.45, 2.75) is 32.5 Å². The zero-order valence-corrected chi connectivity index (χ0v) is 12.8. The number of hydrogen-bond acceptors (Lipinski definition) is 3. The van der Waals surface area contributed by atoms with E-state index < -0.39 is 17.6 Å². The Labute approximate surface area is 130 Å². The molecule has 0 saturated heterocycles. The Morgan fingerprint density at radius 3 is 2.30 bits per heavy atom. The van der Waals surface area contributed by atoms with Crippen molar-refractivity contribution in [3.63, 3.8) is 0 Å². The first-order chi connectivity index (χ1) is 10.5. The van der Waals surface area contributed by atoms with Crippen LogP contribution in [-0.4, -0.2) is 27.0 Å². The van der Waals surface area contributed by atoms with Crippen molar-refractivity contribution in [1.29, 1.82) is 0 Å². The molecular weight excluding hydrogens is 311 g/mol. The molecule has 0 aliphatic rings. The molecule has 0 bridgehead atoms. The van der Waals surface area contributed by atoms with Gasteiger partial charge in [-0.3, -0.25) is 9.48 Å². The first kappa shape index (κ1) is 16.9. The number of halogens is 3. The first-order valence-corrected chi connectivity index (χ1v) is 6.77. The lowest BCUT2D eigenvalue weighted by molar-refractivity contribution is -0.167. The Kier molecular flexibility index (Phi) is 4.10. The lowest BCUT2D eigenvalue weighted by Crippen LogP contribution is -2.30. The Hall–Kier alpha value is -2.51. The third kappa shape index (κ3) is 3.64. The fourth-order valence-corrected chi connectivity index (χ4v) is 1.89. The van der Waals surface area contributed by atoms with Gasteiger partial charge in [0, 0.05) is 17.3 Å². The molecule has 1 amide bonds. The second-order valence-corrected chi connectivity index (χ2v) is 5.98. The number of hydrogen-bond donors (Lipinski definition) is 2. The highest BCUT2D eigenvalue weighted by atomic mass is 19.4. The zero-order valence-electron chi connectivity index (χ0n) is 12.8. The molecule has 8 heteroatoms. The molecule has 1 aromatic heterocycles. The predicted molar refractivity (Wildman–Crippen MR) is 79.0 cm³/mol. The van der Waals surface area contributed by atoms with Gasteiger partial charge in [0.25, 0.3) is 0 Å². The highest BCUT2D eigenvalue weighted by Crippen LogP contribution is 2.35. The van der Waals surface area contributed by atoms with E-state index in [2.05, 4.69) is 5.10 Å². The number of para-hydroxylation sites is 1. The van der Waals surface area contributed by atoms with E-state index in [1.54, 1.807) is 17.4 Å². The summed E-state index contributed by atoms with van der Waals surface area (Å²) >= 11 is 0. The topological polar surface area (TPSA) is 67.2 Å². The lowest BCUT2D eigenvalue weighted by Gasteiger charge is -2.18. The number of carbonyl (C=O) groups is 1. The van der Waals surface area contributed by atoms with Crippen LogP contribution in [0.2, 0.25) is 0 Å². The number of anilines is 1. The number of phenolic OH excluding ortho intramolecular Hbond substituents is 1. The van der Waals surface area contributed by atoms with E-state index >= 15 is 0 Å². The van der Waals surface area contributed by atoms with Crippen molar-refractivity contribution in [2.24, 2.45) is 0 Å². The number of aromatic nitrogens is 2. The van der Waals surface area contributed by atoms with Crippen LogP contribution in [0.15, 0.2) is 30.5 Å². The van der Waals surface area contributed by atoms with Gasteiger partial charge >= 0.3 is 12.1 Å². The zero-order chi connectivity index (χ0) is 17.4. The van der Waals surface area contributed by atoms with E-state index in [1.807, 2.05) is 20.8 Å². The third-order valence-electron chi connectivity index (χ3n) is 3.09. The third-order valence-corrected chi connectivity index (χ3v) is 3.09. The fraction of sp³-hybridized carbons (Fsp3) is 0.333. The van der Waals surface area contributed by atoms with Gasteiger partial charge in [0.05, 0.1) is 5.54 Å². The Bertz CT molecular complexity index is 730. The minimum Gasteiger partial charge on any atom is -0.507 e. The van der Waals surface area contributed by atoms with Crippen LogP contribution in [0.25, 0.3) is 11.1 Å². The number of aromatic hydroxyl groups is 1. The van der Waals surface area contributed by atoms with Crippen molar-refractivity contribution in [2.75, 3.05) is 5.32 Å². The number of nitrogens with zero attached hydrogens (tertiary/aromatic N) is 2. The van der Waals surface area contributed by atoms with Crippen LogP contribution in [0.5, 0.6) is 5.75 Å². The average molecular weight is 327 g/mol. The number of carbonyl (C=O) groups excluding carboxylic acids is 1. The molecule has 0 aliphatic carbocycles. The Balaban J connectivity index is 2.54. The monoisotopic (exact) mass is 327 g/mol. The van der Waals surface area contributed by atoms with Crippen molar-refractivity contribution in [3.8, 4) is 16.9 Å². The van der Waals surface area contributed by atoms with Crippen LogP contribution >= 0.6 is 0 Å². The van der Waals surface area contributed by atoms with Crippen LogP contribution < -0.4 is 5.32 Å². The molecule has 0 aliphatic heterocycles. The molecule has 23 heavy (non-hydrogen) atoms. The summed E-state index contributed by atoms with van der Waals surface area (Å²) in [6.45, 7) is 5.43. The maximum atomic E-state index is 12.5. The van der Waals surface area contributed by atoms with E-state index in [1.165, 1.54) is 23.0 Å². The van der Waals surface area contributed by atoms with Gasteiger partial charge in [-0.05, 0) is 26.8 Å². The second-order valence-electron chi connectivity index (χ2n) is 5.98. The molecular formula is C15H16F3N3O2. The quantitative estimate of drug-likeness (QED) is 0.887. The molecule has 5 nitrogen and oxygen atoms in total. The Morgan fingerprint density at radius 1 is 1.17 bits per heavy atom. The molecule has 0 radical (unpaired) electrons. The lowest BCUT2D eigenvalue weighted by atomic mass is 10.1. The molecule has 0 saturated carbocycles. The molecule has 124 valence electrons. The second kappa shape index (κ2) is 5.60. The molecule has 2 N–H and O–H groups in total. The number of amides is 1. The maximum Gasteiger partial charge on any atom is 0.471 e. The molecule has 2 aromatic rings. The Morgan fingerprint density at radius 2 is 1.78 bits per heavy atom. The van der Waals surface area contributed by atoms with Crippen LogP contribution in [0.3, 0.4) is 0 Å². The van der Waals surface area contributed by atoms with Crippen molar-refractivity contribution in [3.05, 3.63) is 30.5 Å². The van der Waals surface area contributed by atoms with Gasteiger partial charge in [0.15, 0.2) is 5.82 Å². The van der Waals surface area contributed by atoms with Crippen LogP contribution in [0.1, 0.15) is 20.8 Å². The van der Waals surface area contributed by atoms with E-state index in [0.29, 0.717) is 0 Å². The molecule has 0 atom stereocenters. The number of phenols is 1. The summed E-state index contributed by atoms with van der Waals surface area (Å²) in [5.74, 6) is -2.50. The standard InChI is InChI=1S/C15H16F3N3O2/c1-14(2,3)21-8-10(9-6-4-5-7-11(9)22)12(20-21)19-13(23)15(16,17)18/h4-8,22H,1-3H3,(H,19,20,23). The minimum absolute atomic E-state index is 0.122. The number of nitrogens with one attached hydrogen (secondary N) is 1. The van der Waals surface area contributed by atoms with Crippen molar-refractivity contribution >= 4 is 11.7 Å². The van der Waals surface area contributed by atoms with Crippen molar-refractivity contribution in [1.82, 2.24) is 9.78 Å². The number of benzene rings is 1. The normalized spacial score (nSPS) is 12.3. The molecule has 1 aromatic carbocycles. The fourth-order valence-electron chi connectivity index (χ4n) is 1.89. The summed E-state index contributed by atoms with van der Waals surface area (Å²) in [7, 11) is 0. The minimum atomic E-state index is -5.03. The summed E-state index contributed by atoms with van der Waals surface area (Å²) in [5.41, 5.74) is -0.0310. The van der Waals surface area contributed by atoms with Crippen LogP contribution in [0, 0.1) is 0 Å². The van der Waals surface area contributed by atoms with Gasteiger partial charge in [-0.1, -0.05) is 18.2 Å². The van der Waals surface area contributed by atoms with Crippen LogP contribution in [0.4, 0.5) is 19.0 Å². The van der Waals surface area contributed by atoms with Gasteiger partial charge in [-0.2, -0.15) is 18.3 Å². The van der Waals surface area contributed by atoms with Gasteiger partial charge in [0.1, 0.15) is 5.75 Å². The van der Waals surface area contributed by atoms with E-state index in [9.17, 15) is 23.1 Å². The molecule has 0 unspecified atom stereocenters. The smallest absolute Gasteiger partial charge is 0.471 e. The molecule has 0 spiro atoms. The largest absolute Gasteiger partial charge is 0.507 e. The van der Waals surface area contributed by atoms with Crippen LogP contribution in [-0.2, 0) is 10.3 Å². The number of rotatable bonds is 2. The van der Waals surface area contributed by atoms with Crippen molar-refractivity contribution < 1.29 is 23.1 Å². The average Bonchev–Trinajstić information content (AvgIpc) is 2.82. The summed E-state index contributed by atoms with van der Waals surface area (Å²) in [6.07, 6.45) is -3.54. The summed E-state index contributed by atoms with van der Waals surface area (Å²) < 4.78 is 38.9. The SMILES string of the molecule is CC(C)(C)n1cc(-c2ccccc2O)c(NC(=O)C(F)(F)F)n1. The highest BCUT2D eigenvalue weighted by molar-refractivity contribution is 5.97. The highest BCUT2D eigenvalue weighted by Gasteiger charge is 2.39. The van der Waals surface area contributed by atoms with Gasteiger partial charge < -0.3 is 10.4 Å². The molecule has 1 heterocycles. The summed E-state index contributed by atoms with van der Waals surface area (Å²) in [6, 6.07) is 6.14. The van der Waals surface area contributed by atoms with E-state index in [4.69, 9.17) is 0 Å². The summed E-state index contributed by atoms with van der Waals surface area (Å²) in [5, 5.41) is 15.7. The predicted octanol–water partition coefficient (Wildman–Crippen LogP) is 3.51. The molecule has 0 fully saturated rings. The van der Waals surface area contributed by atoms with Gasteiger partial charge in [-0.15, -0.1) is 0 Å². The van der Waals surface area contributed by atoms with E-state index in [-0.39, 0.29) is 22.7 Å². The maximum absolute atomic E-state index is 12.5. The molecule has 2 rings (SSSR count).